The zero-order chi connectivity index (χ0) is 12.5. The maximum atomic E-state index is 6.07. The van der Waals surface area contributed by atoms with Crippen LogP contribution in [0.4, 0.5) is 0 Å². The van der Waals surface area contributed by atoms with E-state index >= 15 is 0 Å². The predicted octanol–water partition coefficient (Wildman–Crippen LogP) is 4.15. The van der Waals surface area contributed by atoms with Gasteiger partial charge in [-0.2, -0.15) is 11.8 Å². The summed E-state index contributed by atoms with van der Waals surface area (Å²) in [5, 5.41) is 0. The van der Waals surface area contributed by atoms with Crippen molar-refractivity contribution < 1.29 is 0 Å². The lowest BCUT2D eigenvalue weighted by Gasteiger charge is -2.25. The lowest BCUT2D eigenvalue weighted by molar-refractivity contribution is 0.499. The number of fused-ring (bicyclic) bond motifs is 1. The zero-order valence-electron chi connectivity index (χ0n) is 10.5. The molecule has 18 heavy (non-hydrogen) atoms. The van der Waals surface area contributed by atoms with Crippen LogP contribution in [0.1, 0.15) is 30.3 Å². The van der Waals surface area contributed by atoms with Crippen molar-refractivity contribution >= 4 is 34.4 Å². The predicted molar refractivity (Wildman–Crippen MR) is 79.6 cm³/mol. The van der Waals surface area contributed by atoms with Crippen molar-refractivity contribution in [1.82, 2.24) is 9.55 Å². The van der Waals surface area contributed by atoms with Gasteiger partial charge in [0.05, 0.1) is 16.9 Å². The van der Waals surface area contributed by atoms with E-state index in [2.05, 4.69) is 34.7 Å². The Bertz CT molecular complexity index is 558. The van der Waals surface area contributed by atoms with Gasteiger partial charge in [-0.15, -0.1) is 11.6 Å². The van der Waals surface area contributed by atoms with Gasteiger partial charge in [-0.05, 0) is 43.2 Å². The summed E-state index contributed by atoms with van der Waals surface area (Å²) >= 11 is 8.11. The molecule has 1 unspecified atom stereocenters. The van der Waals surface area contributed by atoms with Gasteiger partial charge in [0.25, 0.3) is 0 Å². The van der Waals surface area contributed by atoms with Gasteiger partial charge in [-0.25, -0.2) is 4.98 Å². The number of nitrogens with zero attached hydrogens (tertiary/aromatic N) is 2. The molecule has 0 radical (unpaired) electrons. The number of alkyl halides is 1. The van der Waals surface area contributed by atoms with Crippen LogP contribution in [0, 0.1) is 6.92 Å². The third-order valence-electron chi connectivity index (χ3n) is 3.54. The molecule has 1 aromatic heterocycles. The highest BCUT2D eigenvalue weighted by atomic mass is 35.5. The number of imidazole rings is 1. The first-order valence-corrected chi connectivity index (χ1v) is 8.09. The van der Waals surface area contributed by atoms with Crippen molar-refractivity contribution in [2.45, 2.75) is 31.7 Å². The molecule has 1 aromatic carbocycles. The summed E-state index contributed by atoms with van der Waals surface area (Å²) in [7, 11) is 0. The van der Waals surface area contributed by atoms with Crippen LogP contribution in [0.3, 0.4) is 0 Å². The van der Waals surface area contributed by atoms with Gasteiger partial charge < -0.3 is 4.57 Å². The fourth-order valence-electron chi connectivity index (χ4n) is 2.68. The van der Waals surface area contributed by atoms with Gasteiger partial charge in [0.2, 0.25) is 0 Å². The Hall–Kier alpha value is -0.670. The molecule has 1 aliphatic heterocycles. The fourth-order valence-corrected chi connectivity index (χ4v) is 4.00. The number of aryl methyl sites for hydroxylation is 1. The van der Waals surface area contributed by atoms with Gasteiger partial charge >= 0.3 is 0 Å². The molecule has 0 saturated carbocycles. The number of hydrogen-bond acceptors (Lipinski definition) is 2. The number of rotatable bonds is 2. The van der Waals surface area contributed by atoms with E-state index in [1.165, 1.54) is 35.4 Å². The Labute approximate surface area is 117 Å². The highest BCUT2D eigenvalue weighted by Gasteiger charge is 2.21. The summed E-state index contributed by atoms with van der Waals surface area (Å²) in [6.07, 6.45) is 2.54. The Kier molecular flexibility index (Phi) is 3.53. The molecule has 2 aromatic rings. The molecule has 0 bridgehead atoms. The number of hydrogen-bond donors (Lipinski definition) is 0. The van der Waals surface area contributed by atoms with Gasteiger partial charge in [0.1, 0.15) is 5.82 Å². The third-order valence-corrected chi connectivity index (χ3v) is 4.98. The molecule has 0 N–H and O–H groups in total. The molecule has 0 amide bonds. The second-order valence-corrected chi connectivity index (χ2v) is 6.31. The molecule has 96 valence electrons. The largest absolute Gasteiger partial charge is 0.323 e. The lowest BCUT2D eigenvalue weighted by atomic mass is 10.1. The molecule has 1 atom stereocenters. The van der Waals surface area contributed by atoms with Crippen molar-refractivity contribution in [3.05, 3.63) is 29.6 Å². The molecule has 2 heterocycles. The highest BCUT2D eigenvalue weighted by molar-refractivity contribution is 7.99. The summed E-state index contributed by atoms with van der Waals surface area (Å²) in [5.41, 5.74) is 3.61. The first-order valence-electron chi connectivity index (χ1n) is 6.41. The van der Waals surface area contributed by atoms with Crippen LogP contribution in [0.25, 0.3) is 11.0 Å². The van der Waals surface area contributed by atoms with E-state index in [1.54, 1.807) is 0 Å². The van der Waals surface area contributed by atoms with Crippen LogP contribution < -0.4 is 0 Å². The van der Waals surface area contributed by atoms with Gasteiger partial charge in [0.15, 0.2) is 0 Å². The molecule has 1 fully saturated rings. The molecule has 0 spiro atoms. The van der Waals surface area contributed by atoms with Gasteiger partial charge in [0, 0.05) is 11.8 Å². The Morgan fingerprint density at radius 3 is 3.11 bits per heavy atom. The average Bonchev–Trinajstić information content (AvgIpc) is 2.77. The minimum atomic E-state index is 0.495. The Balaban J connectivity index is 2.14. The van der Waals surface area contributed by atoms with E-state index in [1.807, 2.05) is 11.8 Å². The summed E-state index contributed by atoms with van der Waals surface area (Å²) in [4.78, 5) is 4.67. The van der Waals surface area contributed by atoms with Crippen LogP contribution >= 0.6 is 23.4 Å². The van der Waals surface area contributed by atoms with Crippen LogP contribution in [-0.4, -0.2) is 21.1 Å². The monoisotopic (exact) mass is 280 g/mol. The van der Waals surface area contributed by atoms with Crippen molar-refractivity contribution in [3.8, 4) is 0 Å². The first-order chi connectivity index (χ1) is 8.79. The number of thioether (sulfide) groups is 1. The number of halogens is 1. The van der Waals surface area contributed by atoms with E-state index in [0.717, 1.165) is 11.3 Å². The van der Waals surface area contributed by atoms with E-state index in [9.17, 15) is 0 Å². The van der Waals surface area contributed by atoms with Crippen LogP contribution in [0.5, 0.6) is 0 Å². The maximum Gasteiger partial charge on any atom is 0.125 e. The smallest absolute Gasteiger partial charge is 0.125 e. The molecule has 1 aliphatic rings. The second kappa shape index (κ2) is 5.14. The topological polar surface area (TPSA) is 17.8 Å². The number of aromatic nitrogens is 2. The average molecular weight is 281 g/mol. The second-order valence-electron chi connectivity index (χ2n) is 4.89. The van der Waals surface area contributed by atoms with E-state index in [0.29, 0.717) is 11.9 Å². The SMILES string of the molecule is Cc1ccc2nc(CCl)n(C3CCCSC3)c2c1. The Morgan fingerprint density at radius 2 is 2.39 bits per heavy atom. The Morgan fingerprint density at radius 1 is 1.50 bits per heavy atom. The van der Waals surface area contributed by atoms with Crippen molar-refractivity contribution in [3.63, 3.8) is 0 Å². The van der Waals surface area contributed by atoms with E-state index in [4.69, 9.17) is 11.6 Å². The first kappa shape index (κ1) is 12.4. The van der Waals surface area contributed by atoms with Gasteiger partial charge in [-0.1, -0.05) is 6.07 Å². The highest BCUT2D eigenvalue weighted by Crippen LogP contribution is 2.32. The summed E-state index contributed by atoms with van der Waals surface area (Å²) in [6.45, 7) is 2.13. The summed E-state index contributed by atoms with van der Waals surface area (Å²) in [5.74, 6) is 3.99. The molecule has 1 saturated heterocycles. The van der Waals surface area contributed by atoms with Crippen molar-refractivity contribution in [1.29, 1.82) is 0 Å². The molecular weight excluding hydrogens is 264 g/mol. The standard InChI is InChI=1S/C14H17ClN2S/c1-10-4-5-12-13(7-10)17(14(8-15)16-12)11-3-2-6-18-9-11/h4-5,7,11H,2-3,6,8-9H2,1H3. The minimum Gasteiger partial charge on any atom is -0.323 e. The van der Waals surface area contributed by atoms with Gasteiger partial charge in [-0.3, -0.25) is 0 Å². The zero-order valence-corrected chi connectivity index (χ0v) is 12.1. The summed E-state index contributed by atoms with van der Waals surface area (Å²) < 4.78 is 2.38. The number of benzene rings is 1. The lowest BCUT2D eigenvalue weighted by Crippen LogP contribution is -2.18. The molecule has 4 heteroatoms. The van der Waals surface area contributed by atoms with E-state index in [-0.39, 0.29) is 0 Å². The van der Waals surface area contributed by atoms with Crippen LogP contribution in [0.2, 0.25) is 0 Å². The maximum absolute atomic E-state index is 6.07. The molecule has 3 rings (SSSR count). The normalized spacial score (nSPS) is 20.4. The molecule has 0 aliphatic carbocycles. The van der Waals surface area contributed by atoms with Crippen molar-refractivity contribution in [2.24, 2.45) is 0 Å². The van der Waals surface area contributed by atoms with Crippen LogP contribution in [-0.2, 0) is 5.88 Å². The summed E-state index contributed by atoms with van der Waals surface area (Å²) in [6, 6.07) is 7.02. The minimum absolute atomic E-state index is 0.495. The van der Waals surface area contributed by atoms with Crippen LogP contribution in [0.15, 0.2) is 18.2 Å². The van der Waals surface area contributed by atoms with E-state index < -0.39 is 0 Å². The molecular formula is C14H17ClN2S. The third kappa shape index (κ3) is 2.14. The quantitative estimate of drug-likeness (QED) is 0.769. The fraction of sp³-hybridized carbons (Fsp3) is 0.500. The molecule has 2 nitrogen and oxygen atoms in total. The van der Waals surface area contributed by atoms with Crippen molar-refractivity contribution in [2.75, 3.05) is 11.5 Å².